The van der Waals surface area contributed by atoms with E-state index < -0.39 is 27.9 Å². The van der Waals surface area contributed by atoms with E-state index >= 15 is 0 Å². The molecular weight excluding hydrogens is 287 g/mol. The number of hydrogen-bond acceptors (Lipinski definition) is 4. The number of primary sulfonamides is 1. The number of anilines is 1. The number of nitrogens with two attached hydrogens (primary N) is 1. The average Bonchev–Trinajstić information content (AvgIpc) is 2.74. The highest BCUT2D eigenvalue weighted by atomic mass is 32.2. The van der Waals surface area contributed by atoms with Gasteiger partial charge in [0.1, 0.15) is 16.8 Å². The minimum absolute atomic E-state index is 0.0315. The maximum absolute atomic E-state index is 13.2. The van der Waals surface area contributed by atoms with Gasteiger partial charge in [-0.05, 0) is 38.0 Å². The van der Waals surface area contributed by atoms with Crippen LogP contribution in [0.5, 0.6) is 0 Å². The molecule has 1 fully saturated rings. The highest BCUT2D eigenvalue weighted by Gasteiger charge is 2.29. The van der Waals surface area contributed by atoms with E-state index in [2.05, 4.69) is 5.32 Å². The second-order valence-corrected chi connectivity index (χ2v) is 6.22. The highest BCUT2D eigenvalue weighted by molar-refractivity contribution is 7.89. The Kier molecular flexibility index (Phi) is 4.07. The van der Waals surface area contributed by atoms with E-state index in [1.54, 1.807) is 0 Å². The van der Waals surface area contributed by atoms with Crippen LogP contribution in [0.25, 0.3) is 0 Å². The lowest BCUT2D eigenvalue weighted by molar-refractivity contribution is -0.126. The Labute approximate surface area is 116 Å². The van der Waals surface area contributed by atoms with E-state index in [9.17, 15) is 17.6 Å². The molecule has 1 amide bonds. The van der Waals surface area contributed by atoms with Gasteiger partial charge in [0.25, 0.3) is 5.91 Å². The first-order valence-corrected chi connectivity index (χ1v) is 7.60. The van der Waals surface area contributed by atoms with Gasteiger partial charge in [0.05, 0.1) is 11.8 Å². The summed E-state index contributed by atoms with van der Waals surface area (Å²) in [4.78, 5) is 11.6. The lowest BCUT2D eigenvalue weighted by Gasteiger charge is -2.14. The summed E-state index contributed by atoms with van der Waals surface area (Å²) in [7, 11) is -4.05. The molecule has 1 aliphatic rings. The van der Waals surface area contributed by atoms with Gasteiger partial charge >= 0.3 is 0 Å². The number of nitrogens with one attached hydrogen (secondary N) is 1. The van der Waals surface area contributed by atoms with Crippen molar-refractivity contribution in [2.75, 3.05) is 5.32 Å². The van der Waals surface area contributed by atoms with E-state index in [-0.39, 0.29) is 16.7 Å². The van der Waals surface area contributed by atoms with Crippen LogP contribution in [0.1, 0.15) is 19.8 Å². The molecule has 110 valence electrons. The minimum Gasteiger partial charge on any atom is -0.365 e. The number of sulfonamides is 1. The first kappa shape index (κ1) is 14.9. The Hall–Kier alpha value is -1.51. The Balaban J connectivity index is 2.24. The van der Waals surface area contributed by atoms with Crippen LogP contribution in [-0.2, 0) is 19.6 Å². The quantitative estimate of drug-likeness (QED) is 0.869. The van der Waals surface area contributed by atoms with Crippen LogP contribution in [0.4, 0.5) is 10.1 Å². The predicted octanol–water partition coefficient (Wildman–Crippen LogP) is 0.979. The van der Waals surface area contributed by atoms with Gasteiger partial charge < -0.3 is 10.1 Å². The van der Waals surface area contributed by atoms with Gasteiger partial charge in [0.15, 0.2) is 0 Å². The molecule has 1 heterocycles. The molecule has 0 spiro atoms. The zero-order valence-corrected chi connectivity index (χ0v) is 11.6. The topological polar surface area (TPSA) is 98.5 Å². The lowest BCUT2D eigenvalue weighted by atomic mass is 10.2. The third kappa shape index (κ3) is 3.33. The Bertz CT molecular complexity index is 632. The summed E-state index contributed by atoms with van der Waals surface area (Å²) in [6, 6.07) is 2.89. The number of halogens is 1. The van der Waals surface area contributed by atoms with Gasteiger partial charge in [0.2, 0.25) is 10.0 Å². The number of rotatable bonds is 3. The zero-order valence-electron chi connectivity index (χ0n) is 10.8. The molecule has 3 N–H and O–H groups in total. The van der Waals surface area contributed by atoms with Gasteiger partial charge in [-0.2, -0.15) is 0 Å². The Morgan fingerprint density at radius 3 is 2.70 bits per heavy atom. The van der Waals surface area contributed by atoms with Gasteiger partial charge in [-0.1, -0.05) is 0 Å². The molecule has 1 aliphatic heterocycles. The van der Waals surface area contributed by atoms with E-state index in [1.807, 2.05) is 6.92 Å². The van der Waals surface area contributed by atoms with Crippen molar-refractivity contribution in [1.82, 2.24) is 0 Å². The number of carbonyl (C=O) groups excluding carboxylic acids is 1. The summed E-state index contributed by atoms with van der Waals surface area (Å²) in [5.41, 5.74) is -0.180. The molecule has 1 saturated heterocycles. The van der Waals surface area contributed by atoms with E-state index in [1.165, 1.54) is 0 Å². The van der Waals surface area contributed by atoms with E-state index in [0.29, 0.717) is 6.42 Å². The summed E-state index contributed by atoms with van der Waals surface area (Å²) in [6.07, 6.45) is 0.577. The van der Waals surface area contributed by atoms with Crippen LogP contribution in [-0.4, -0.2) is 26.5 Å². The maximum Gasteiger partial charge on any atom is 0.253 e. The summed E-state index contributed by atoms with van der Waals surface area (Å²) >= 11 is 0. The Morgan fingerprint density at radius 1 is 1.45 bits per heavy atom. The second-order valence-electron chi connectivity index (χ2n) is 4.69. The van der Waals surface area contributed by atoms with Crippen LogP contribution in [0.3, 0.4) is 0 Å². The van der Waals surface area contributed by atoms with Gasteiger partial charge in [-0.25, -0.2) is 17.9 Å². The largest absolute Gasteiger partial charge is 0.365 e. The average molecular weight is 302 g/mol. The monoisotopic (exact) mass is 302 g/mol. The molecule has 1 aromatic carbocycles. The fourth-order valence-electron chi connectivity index (χ4n) is 2.06. The van der Waals surface area contributed by atoms with E-state index in [0.717, 1.165) is 24.6 Å². The summed E-state index contributed by atoms with van der Waals surface area (Å²) in [5.74, 6) is -1.18. The van der Waals surface area contributed by atoms with E-state index in [4.69, 9.17) is 9.88 Å². The zero-order chi connectivity index (χ0) is 14.9. The van der Waals surface area contributed by atoms with Crippen LogP contribution < -0.4 is 10.5 Å². The molecule has 0 saturated carbocycles. The number of carbonyl (C=O) groups is 1. The van der Waals surface area contributed by atoms with Crippen molar-refractivity contribution in [2.24, 2.45) is 5.14 Å². The lowest BCUT2D eigenvalue weighted by Crippen LogP contribution is -2.29. The highest BCUT2D eigenvalue weighted by Crippen LogP contribution is 2.24. The first-order valence-electron chi connectivity index (χ1n) is 6.06. The summed E-state index contributed by atoms with van der Waals surface area (Å²) in [5, 5.41) is 7.38. The molecule has 8 heteroatoms. The summed E-state index contributed by atoms with van der Waals surface area (Å²) in [6.45, 7) is 1.84. The van der Waals surface area contributed by atoms with Crippen LogP contribution in [0.2, 0.25) is 0 Å². The van der Waals surface area contributed by atoms with Gasteiger partial charge in [-0.3, -0.25) is 4.79 Å². The number of hydrogen-bond donors (Lipinski definition) is 2. The minimum atomic E-state index is -4.05. The third-order valence-corrected chi connectivity index (χ3v) is 4.00. The Morgan fingerprint density at radius 2 is 2.15 bits per heavy atom. The third-order valence-electron chi connectivity index (χ3n) is 3.03. The molecule has 0 radical (unpaired) electrons. The van der Waals surface area contributed by atoms with Crippen molar-refractivity contribution in [3.63, 3.8) is 0 Å². The summed E-state index contributed by atoms with van der Waals surface area (Å²) < 4.78 is 41.4. The van der Waals surface area contributed by atoms with Crippen molar-refractivity contribution >= 4 is 21.6 Å². The fraction of sp³-hybridized carbons (Fsp3) is 0.417. The first-order chi connectivity index (χ1) is 9.27. The number of ether oxygens (including phenoxy) is 1. The van der Waals surface area contributed by atoms with Gasteiger partial charge in [0, 0.05) is 0 Å². The van der Waals surface area contributed by atoms with Crippen molar-refractivity contribution < 1.29 is 22.3 Å². The second kappa shape index (κ2) is 5.47. The predicted molar refractivity (Wildman–Crippen MR) is 70.0 cm³/mol. The molecule has 0 aliphatic carbocycles. The van der Waals surface area contributed by atoms with Crippen molar-refractivity contribution in [3.05, 3.63) is 24.0 Å². The van der Waals surface area contributed by atoms with Crippen molar-refractivity contribution in [2.45, 2.75) is 36.9 Å². The van der Waals surface area contributed by atoms with Crippen molar-refractivity contribution in [3.8, 4) is 0 Å². The maximum atomic E-state index is 13.2. The smallest absolute Gasteiger partial charge is 0.253 e. The molecule has 2 atom stereocenters. The SMILES string of the molecule is CC1CCC(C(=O)Nc2cc(F)ccc2S(N)(=O)=O)O1. The van der Waals surface area contributed by atoms with Gasteiger partial charge in [-0.15, -0.1) is 0 Å². The van der Waals surface area contributed by atoms with Crippen LogP contribution in [0.15, 0.2) is 23.1 Å². The molecule has 0 aromatic heterocycles. The van der Waals surface area contributed by atoms with Crippen LogP contribution >= 0.6 is 0 Å². The molecule has 0 bridgehead atoms. The molecule has 1 aromatic rings. The molecule has 20 heavy (non-hydrogen) atoms. The molecular formula is C12H15FN2O4S. The van der Waals surface area contributed by atoms with Crippen molar-refractivity contribution in [1.29, 1.82) is 0 Å². The van der Waals surface area contributed by atoms with Crippen LogP contribution in [0, 0.1) is 5.82 Å². The number of amides is 1. The normalized spacial score (nSPS) is 22.8. The number of benzene rings is 1. The fourth-order valence-corrected chi connectivity index (χ4v) is 2.73. The molecule has 2 unspecified atom stereocenters. The standard InChI is InChI=1S/C12H15FN2O4S/c1-7-2-4-10(19-7)12(16)15-9-6-8(13)3-5-11(9)20(14,17)18/h3,5-7,10H,2,4H2,1H3,(H,15,16)(H2,14,17,18). The molecule has 6 nitrogen and oxygen atoms in total. The molecule has 2 rings (SSSR count).